The second kappa shape index (κ2) is 5.90. The van der Waals surface area contributed by atoms with Gasteiger partial charge in [-0.25, -0.2) is 8.42 Å². The molecule has 0 spiro atoms. The molecule has 1 fully saturated rings. The largest absolute Gasteiger partial charge is 0.494 e. The van der Waals surface area contributed by atoms with Crippen LogP contribution in [0.25, 0.3) is 0 Å². The number of aliphatic hydroxyl groups excluding tert-OH is 1. The topological polar surface area (TPSA) is 66.8 Å². The Morgan fingerprint density at radius 2 is 2.05 bits per heavy atom. The quantitative estimate of drug-likeness (QED) is 0.883. The van der Waals surface area contributed by atoms with Crippen LogP contribution in [0.15, 0.2) is 29.2 Å². The van der Waals surface area contributed by atoms with Gasteiger partial charge in [-0.1, -0.05) is 0 Å². The van der Waals surface area contributed by atoms with Crippen LogP contribution in [0.3, 0.4) is 0 Å². The second-order valence-electron chi connectivity index (χ2n) is 4.50. The lowest BCUT2D eigenvalue weighted by Crippen LogP contribution is -2.37. The van der Waals surface area contributed by atoms with Crippen molar-refractivity contribution >= 4 is 10.0 Å². The molecule has 1 atom stereocenters. The Bertz CT molecular complexity index is 512. The number of sulfonamides is 1. The first kappa shape index (κ1) is 14.3. The monoisotopic (exact) mass is 285 g/mol. The molecule has 19 heavy (non-hydrogen) atoms. The first-order valence-corrected chi connectivity index (χ1v) is 7.89. The van der Waals surface area contributed by atoms with Gasteiger partial charge in [0.15, 0.2) is 0 Å². The molecule has 1 saturated heterocycles. The highest BCUT2D eigenvalue weighted by Crippen LogP contribution is 2.26. The predicted octanol–water partition coefficient (Wildman–Crippen LogP) is 1.23. The van der Waals surface area contributed by atoms with Crippen LogP contribution in [0.4, 0.5) is 0 Å². The fraction of sp³-hybridized carbons (Fsp3) is 0.538. The molecule has 0 saturated carbocycles. The van der Waals surface area contributed by atoms with Crippen molar-refractivity contribution < 1.29 is 18.3 Å². The summed E-state index contributed by atoms with van der Waals surface area (Å²) in [4.78, 5) is 0.247. The van der Waals surface area contributed by atoms with Gasteiger partial charge in [0.05, 0.1) is 18.1 Å². The summed E-state index contributed by atoms with van der Waals surface area (Å²) in [5.41, 5.74) is 0. The highest BCUT2D eigenvalue weighted by atomic mass is 32.2. The Kier molecular flexibility index (Phi) is 4.44. The van der Waals surface area contributed by atoms with E-state index >= 15 is 0 Å². The summed E-state index contributed by atoms with van der Waals surface area (Å²) in [7, 11) is -3.51. The summed E-state index contributed by atoms with van der Waals surface area (Å²) in [6.07, 6.45) is 1.51. The van der Waals surface area contributed by atoms with E-state index in [2.05, 4.69) is 0 Å². The second-order valence-corrected chi connectivity index (χ2v) is 6.39. The molecule has 106 valence electrons. The Balaban J connectivity index is 2.24. The normalized spacial score (nSPS) is 20.6. The van der Waals surface area contributed by atoms with E-state index in [4.69, 9.17) is 4.74 Å². The average Bonchev–Trinajstić information content (AvgIpc) is 2.89. The van der Waals surface area contributed by atoms with Crippen molar-refractivity contribution in [2.24, 2.45) is 0 Å². The third-order valence-electron chi connectivity index (χ3n) is 3.28. The van der Waals surface area contributed by atoms with Gasteiger partial charge in [-0.05, 0) is 44.0 Å². The molecule has 1 aromatic carbocycles. The molecule has 0 aromatic heterocycles. The minimum Gasteiger partial charge on any atom is -0.494 e. The number of hydrogen-bond donors (Lipinski definition) is 1. The molecule has 5 nitrogen and oxygen atoms in total. The van der Waals surface area contributed by atoms with Gasteiger partial charge in [0.1, 0.15) is 5.75 Å². The van der Waals surface area contributed by atoms with E-state index in [9.17, 15) is 13.5 Å². The maximum absolute atomic E-state index is 12.4. The molecule has 1 aliphatic heterocycles. The Morgan fingerprint density at radius 1 is 1.37 bits per heavy atom. The molecule has 1 heterocycles. The molecule has 0 bridgehead atoms. The highest BCUT2D eigenvalue weighted by Gasteiger charge is 2.34. The van der Waals surface area contributed by atoms with E-state index in [-0.39, 0.29) is 17.5 Å². The van der Waals surface area contributed by atoms with Crippen LogP contribution < -0.4 is 4.74 Å². The number of nitrogens with zero attached hydrogens (tertiary/aromatic N) is 1. The summed E-state index contributed by atoms with van der Waals surface area (Å²) >= 11 is 0. The summed E-state index contributed by atoms with van der Waals surface area (Å²) in [6, 6.07) is 6.11. The molecule has 2 rings (SSSR count). The van der Waals surface area contributed by atoms with Gasteiger partial charge in [0, 0.05) is 12.6 Å². The molecule has 1 aromatic rings. The van der Waals surface area contributed by atoms with Crippen LogP contribution in [-0.4, -0.2) is 43.6 Å². The van der Waals surface area contributed by atoms with Crippen LogP contribution in [0.1, 0.15) is 19.8 Å². The first-order valence-electron chi connectivity index (χ1n) is 6.45. The maximum Gasteiger partial charge on any atom is 0.243 e. The minimum absolute atomic E-state index is 0.129. The molecule has 6 heteroatoms. The number of benzene rings is 1. The van der Waals surface area contributed by atoms with E-state index in [1.54, 1.807) is 24.3 Å². The van der Waals surface area contributed by atoms with E-state index in [0.29, 0.717) is 25.3 Å². The average molecular weight is 285 g/mol. The number of rotatable bonds is 5. The summed E-state index contributed by atoms with van der Waals surface area (Å²) in [5, 5.41) is 9.23. The lowest BCUT2D eigenvalue weighted by molar-refractivity contribution is 0.213. The molecular weight excluding hydrogens is 266 g/mol. The molecule has 0 unspecified atom stereocenters. The van der Waals surface area contributed by atoms with Crippen LogP contribution >= 0.6 is 0 Å². The Hall–Kier alpha value is -1.11. The molecule has 1 N–H and O–H groups in total. The van der Waals surface area contributed by atoms with Crippen LogP contribution in [0, 0.1) is 0 Å². The van der Waals surface area contributed by atoms with Crippen molar-refractivity contribution in [1.82, 2.24) is 4.31 Å². The highest BCUT2D eigenvalue weighted by molar-refractivity contribution is 7.89. The van der Waals surface area contributed by atoms with E-state index < -0.39 is 10.0 Å². The Morgan fingerprint density at radius 3 is 2.63 bits per heavy atom. The van der Waals surface area contributed by atoms with Gasteiger partial charge >= 0.3 is 0 Å². The zero-order valence-electron chi connectivity index (χ0n) is 10.9. The van der Waals surface area contributed by atoms with Crippen LogP contribution in [0.5, 0.6) is 5.75 Å². The van der Waals surface area contributed by atoms with Gasteiger partial charge < -0.3 is 9.84 Å². The van der Waals surface area contributed by atoms with Gasteiger partial charge in [0.2, 0.25) is 10.0 Å². The Labute approximate surface area is 113 Å². The van der Waals surface area contributed by atoms with Crippen molar-refractivity contribution in [3.63, 3.8) is 0 Å². The van der Waals surface area contributed by atoms with Gasteiger partial charge in [0.25, 0.3) is 0 Å². The van der Waals surface area contributed by atoms with Crippen LogP contribution in [-0.2, 0) is 10.0 Å². The fourth-order valence-electron chi connectivity index (χ4n) is 2.32. The third-order valence-corrected chi connectivity index (χ3v) is 5.24. The van der Waals surface area contributed by atoms with Gasteiger partial charge in [-0.3, -0.25) is 0 Å². The lowest BCUT2D eigenvalue weighted by atomic mass is 10.2. The first-order chi connectivity index (χ1) is 9.09. The van der Waals surface area contributed by atoms with Crippen molar-refractivity contribution in [3.05, 3.63) is 24.3 Å². The molecule has 0 radical (unpaired) electrons. The van der Waals surface area contributed by atoms with E-state index in [1.807, 2.05) is 6.92 Å². The SMILES string of the molecule is CCOc1ccc(S(=O)(=O)N2CCC[C@@H]2CO)cc1. The summed E-state index contributed by atoms with van der Waals surface area (Å²) in [5.74, 6) is 0.654. The van der Waals surface area contributed by atoms with Crippen molar-refractivity contribution in [1.29, 1.82) is 0 Å². The van der Waals surface area contributed by atoms with Crippen LogP contribution in [0.2, 0.25) is 0 Å². The summed E-state index contributed by atoms with van der Waals surface area (Å²) < 4.78 is 31.6. The zero-order chi connectivity index (χ0) is 13.9. The summed E-state index contributed by atoms with van der Waals surface area (Å²) in [6.45, 7) is 2.77. The smallest absolute Gasteiger partial charge is 0.243 e. The number of aliphatic hydroxyl groups is 1. The van der Waals surface area contributed by atoms with Crippen molar-refractivity contribution in [2.75, 3.05) is 19.8 Å². The molecule has 0 aliphatic carbocycles. The lowest BCUT2D eigenvalue weighted by Gasteiger charge is -2.22. The van der Waals surface area contributed by atoms with Gasteiger partial charge in [-0.15, -0.1) is 0 Å². The molecule has 1 aliphatic rings. The minimum atomic E-state index is -3.51. The van der Waals surface area contributed by atoms with E-state index in [0.717, 1.165) is 6.42 Å². The third kappa shape index (κ3) is 2.91. The standard InChI is InChI=1S/C13H19NO4S/c1-2-18-12-5-7-13(8-6-12)19(16,17)14-9-3-4-11(14)10-15/h5-8,11,15H,2-4,9-10H2,1H3/t11-/m1/s1. The van der Waals surface area contributed by atoms with E-state index in [1.165, 1.54) is 4.31 Å². The predicted molar refractivity (Wildman–Crippen MR) is 71.6 cm³/mol. The fourth-order valence-corrected chi connectivity index (χ4v) is 4.00. The van der Waals surface area contributed by atoms with Crippen molar-refractivity contribution in [2.45, 2.75) is 30.7 Å². The van der Waals surface area contributed by atoms with Gasteiger partial charge in [-0.2, -0.15) is 4.31 Å². The van der Waals surface area contributed by atoms with Crippen molar-refractivity contribution in [3.8, 4) is 5.75 Å². The molecular formula is C13H19NO4S. The zero-order valence-corrected chi connectivity index (χ0v) is 11.8. The number of hydrogen-bond acceptors (Lipinski definition) is 4. The number of ether oxygens (including phenoxy) is 1. The maximum atomic E-state index is 12.4. The molecule has 0 amide bonds.